The summed E-state index contributed by atoms with van der Waals surface area (Å²) in [6, 6.07) is 7.23. The van der Waals surface area contributed by atoms with Gasteiger partial charge in [-0.05, 0) is 30.4 Å². The molecule has 0 N–H and O–H groups in total. The Balaban J connectivity index is 2.92. The van der Waals surface area contributed by atoms with Crippen molar-refractivity contribution in [2.45, 2.75) is 36.4 Å². The lowest BCUT2D eigenvalue weighted by Crippen LogP contribution is -2.10. The van der Waals surface area contributed by atoms with Crippen LogP contribution in [0.5, 0.6) is 0 Å². The summed E-state index contributed by atoms with van der Waals surface area (Å²) >= 11 is 3.62. The molecule has 0 aliphatic heterocycles. The van der Waals surface area contributed by atoms with Gasteiger partial charge in [0.25, 0.3) is 0 Å². The largest absolute Gasteiger partial charge is 0.224 e. The van der Waals surface area contributed by atoms with Crippen LogP contribution in [0.25, 0.3) is 0 Å². The predicted molar refractivity (Wildman–Crippen MR) is 75.4 cm³/mol. The third-order valence-electron chi connectivity index (χ3n) is 2.54. The van der Waals surface area contributed by atoms with Crippen LogP contribution in [0.15, 0.2) is 29.2 Å². The van der Waals surface area contributed by atoms with E-state index in [4.69, 9.17) is 0 Å². The molecule has 0 fully saturated rings. The Morgan fingerprint density at radius 2 is 1.82 bits per heavy atom. The second-order valence-corrected chi connectivity index (χ2v) is 8.09. The SMILES string of the molecule is CC(C)CC(Br)Cc1ccccc1S(C)(=O)=O. The van der Waals surface area contributed by atoms with Gasteiger partial charge in [-0.15, -0.1) is 0 Å². The van der Waals surface area contributed by atoms with E-state index in [1.807, 2.05) is 12.1 Å². The zero-order valence-corrected chi connectivity index (χ0v) is 12.9. The van der Waals surface area contributed by atoms with Gasteiger partial charge in [0.05, 0.1) is 4.90 Å². The van der Waals surface area contributed by atoms with Crippen molar-refractivity contribution in [3.63, 3.8) is 0 Å². The summed E-state index contributed by atoms with van der Waals surface area (Å²) in [7, 11) is -3.13. The minimum atomic E-state index is -3.13. The Bertz CT molecular complexity index is 466. The second-order valence-electron chi connectivity index (χ2n) is 4.81. The van der Waals surface area contributed by atoms with Gasteiger partial charge < -0.3 is 0 Å². The Hall–Kier alpha value is -0.350. The molecule has 0 saturated heterocycles. The molecule has 1 unspecified atom stereocenters. The van der Waals surface area contributed by atoms with E-state index in [9.17, 15) is 8.42 Å². The molecule has 1 rings (SSSR count). The summed E-state index contributed by atoms with van der Waals surface area (Å²) in [5.41, 5.74) is 0.900. The Morgan fingerprint density at radius 3 is 2.35 bits per heavy atom. The first-order valence-corrected chi connectivity index (χ1v) is 8.53. The molecule has 1 aromatic carbocycles. The van der Waals surface area contributed by atoms with Crippen LogP contribution in [0.1, 0.15) is 25.8 Å². The van der Waals surface area contributed by atoms with Crippen LogP contribution in [0.4, 0.5) is 0 Å². The number of alkyl halides is 1. The molecule has 0 aromatic heterocycles. The van der Waals surface area contributed by atoms with Gasteiger partial charge in [-0.2, -0.15) is 0 Å². The molecule has 1 atom stereocenters. The highest BCUT2D eigenvalue weighted by Crippen LogP contribution is 2.22. The maximum absolute atomic E-state index is 11.6. The van der Waals surface area contributed by atoms with Crippen LogP contribution < -0.4 is 0 Å². The number of halogens is 1. The molecule has 0 bridgehead atoms. The van der Waals surface area contributed by atoms with Gasteiger partial charge in [0.2, 0.25) is 0 Å². The van der Waals surface area contributed by atoms with E-state index in [2.05, 4.69) is 29.8 Å². The highest BCUT2D eigenvalue weighted by molar-refractivity contribution is 9.09. The molecule has 0 heterocycles. The molecule has 4 heteroatoms. The molecule has 0 aliphatic carbocycles. The zero-order chi connectivity index (χ0) is 13.1. The summed E-state index contributed by atoms with van der Waals surface area (Å²) in [6.45, 7) is 4.33. The summed E-state index contributed by atoms with van der Waals surface area (Å²) in [6.07, 6.45) is 3.05. The van der Waals surface area contributed by atoms with Crippen molar-refractivity contribution >= 4 is 25.8 Å². The first-order chi connectivity index (χ1) is 7.80. The molecule has 0 aliphatic rings. The van der Waals surface area contributed by atoms with Gasteiger partial charge in [-0.1, -0.05) is 48.0 Å². The number of sulfone groups is 1. The lowest BCUT2D eigenvalue weighted by atomic mass is 10.0. The van der Waals surface area contributed by atoms with E-state index in [0.717, 1.165) is 18.4 Å². The molecule has 2 nitrogen and oxygen atoms in total. The van der Waals surface area contributed by atoms with Crippen molar-refractivity contribution in [3.8, 4) is 0 Å². The maximum Gasteiger partial charge on any atom is 0.175 e. The van der Waals surface area contributed by atoms with Crippen LogP contribution in [0.3, 0.4) is 0 Å². The summed E-state index contributed by atoms with van der Waals surface area (Å²) in [4.78, 5) is 0.776. The van der Waals surface area contributed by atoms with Gasteiger partial charge in [0.15, 0.2) is 9.84 Å². The van der Waals surface area contributed by atoms with Gasteiger partial charge >= 0.3 is 0 Å². The van der Waals surface area contributed by atoms with Crippen LogP contribution >= 0.6 is 15.9 Å². The van der Waals surface area contributed by atoms with Gasteiger partial charge in [0.1, 0.15) is 0 Å². The molecule has 0 spiro atoms. The fraction of sp³-hybridized carbons (Fsp3) is 0.538. The molecule has 17 heavy (non-hydrogen) atoms. The lowest BCUT2D eigenvalue weighted by molar-refractivity contribution is 0.568. The van der Waals surface area contributed by atoms with Gasteiger partial charge in [-0.3, -0.25) is 0 Å². The van der Waals surface area contributed by atoms with Gasteiger partial charge in [0, 0.05) is 11.1 Å². The van der Waals surface area contributed by atoms with E-state index in [-0.39, 0.29) is 0 Å². The third-order valence-corrected chi connectivity index (χ3v) is 4.44. The topological polar surface area (TPSA) is 34.1 Å². The molecule has 0 amide bonds. The summed E-state index contributed by atoms with van der Waals surface area (Å²) in [5, 5.41) is 0. The normalized spacial score (nSPS) is 13.9. The van der Waals surface area contributed by atoms with Gasteiger partial charge in [-0.25, -0.2) is 8.42 Å². The average Bonchev–Trinajstić information content (AvgIpc) is 2.15. The van der Waals surface area contributed by atoms with Crippen molar-refractivity contribution < 1.29 is 8.42 Å². The van der Waals surface area contributed by atoms with E-state index >= 15 is 0 Å². The summed E-state index contributed by atoms with van der Waals surface area (Å²) < 4.78 is 23.3. The Morgan fingerprint density at radius 1 is 1.24 bits per heavy atom. The summed E-state index contributed by atoms with van der Waals surface area (Å²) in [5.74, 6) is 0.602. The number of hydrogen-bond donors (Lipinski definition) is 0. The van der Waals surface area contributed by atoms with E-state index in [0.29, 0.717) is 15.6 Å². The first kappa shape index (κ1) is 14.7. The minimum absolute atomic E-state index is 0.324. The smallest absolute Gasteiger partial charge is 0.175 e. The number of hydrogen-bond acceptors (Lipinski definition) is 2. The quantitative estimate of drug-likeness (QED) is 0.779. The van der Waals surface area contributed by atoms with Crippen molar-refractivity contribution in [3.05, 3.63) is 29.8 Å². The second kappa shape index (κ2) is 6.01. The zero-order valence-electron chi connectivity index (χ0n) is 10.5. The highest BCUT2D eigenvalue weighted by atomic mass is 79.9. The first-order valence-electron chi connectivity index (χ1n) is 5.72. The molecule has 0 saturated carbocycles. The molecular formula is C13H19BrO2S. The van der Waals surface area contributed by atoms with Crippen LogP contribution in [-0.2, 0) is 16.3 Å². The highest BCUT2D eigenvalue weighted by Gasteiger charge is 2.15. The van der Waals surface area contributed by atoms with E-state index in [1.165, 1.54) is 6.26 Å². The predicted octanol–water partition coefficient (Wildman–Crippen LogP) is 3.44. The van der Waals surface area contributed by atoms with Crippen molar-refractivity contribution in [1.29, 1.82) is 0 Å². The van der Waals surface area contributed by atoms with E-state index in [1.54, 1.807) is 12.1 Å². The fourth-order valence-corrected chi connectivity index (χ4v) is 3.92. The number of rotatable bonds is 5. The lowest BCUT2D eigenvalue weighted by Gasteiger charge is -2.14. The molecule has 1 aromatic rings. The van der Waals surface area contributed by atoms with Crippen LogP contribution in [0.2, 0.25) is 0 Å². The monoisotopic (exact) mass is 318 g/mol. The average molecular weight is 319 g/mol. The minimum Gasteiger partial charge on any atom is -0.224 e. The molecular weight excluding hydrogens is 300 g/mol. The Labute approximate surface area is 112 Å². The van der Waals surface area contributed by atoms with Crippen molar-refractivity contribution in [1.82, 2.24) is 0 Å². The molecule has 96 valence electrons. The van der Waals surface area contributed by atoms with E-state index < -0.39 is 9.84 Å². The van der Waals surface area contributed by atoms with Crippen molar-refractivity contribution in [2.24, 2.45) is 5.92 Å². The third kappa shape index (κ3) is 4.80. The standard InChI is InChI=1S/C13H19BrO2S/c1-10(2)8-12(14)9-11-6-4-5-7-13(11)17(3,15)16/h4-7,10,12H,8-9H2,1-3H3. The van der Waals surface area contributed by atoms with Crippen LogP contribution in [-0.4, -0.2) is 19.5 Å². The van der Waals surface area contributed by atoms with Crippen LogP contribution in [0, 0.1) is 5.92 Å². The molecule has 0 radical (unpaired) electrons. The Kier molecular flexibility index (Phi) is 5.20. The maximum atomic E-state index is 11.6. The number of benzene rings is 1. The fourth-order valence-electron chi connectivity index (χ4n) is 1.87. The van der Waals surface area contributed by atoms with Crippen molar-refractivity contribution in [2.75, 3.05) is 6.26 Å².